The van der Waals surface area contributed by atoms with Gasteiger partial charge in [-0.05, 0) is 0 Å². The molecule has 7 heteroatoms. The van der Waals surface area contributed by atoms with Crippen LogP contribution >= 0.6 is 0 Å². The summed E-state index contributed by atoms with van der Waals surface area (Å²) in [6, 6.07) is 0. The van der Waals surface area contributed by atoms with Crippen molar-refractivity contribution in [2.24, 2.45) is 0 Å². The second kappa shape index (κ2) is 8.89. The second-order valence-corrected chi connectivity index (χ2v) is 1.81. The zero-order valence-electron chi connectivity index (χ0n) is 4.97. The molecule has 72 valence electrons. The van der Waals surface area contributed by atoms with Gasteiger partial charge in [0.1, 0.15) is 0 Å². The maximum absolute atomic E-state index is 9.95. The molecule has 1 unspecified atom stereocenters. The van der Waals surface area contributed by atoms with Crippen LogP contribution in [0.2, 0.25) is 0 Å². The number of rotatable bonds is 3. The van der Waals surface area contributed by atoms with Crippen molar-refractivity contribution in [1.82, 2.24) is 0 Å². The van der Waals surface area contributed by atoms with Crippen molar-refractivity contribution in [3.63, 3.8) is 0 Å². The van der Waals surface area contributed by atoms with E-state index in [1.165, 1.54) is 0 Å². The van der Waals surface area contributed by atoms with Crippen LogP contribution in [0.15, 0.2) is 0 Å². The van der Waals surface area contributed by atoms with Crippen molar-refractivity contribution >= 4 is 23.7 Å². The van der Waals surface area contributed by atoms with Gasteiger partial charge in [0, 0.05) is 17.5 Å². The van der Waals surface area contributed by atoms with Gasteiger partial charge in [-0.15, -0.1) is 0 Å². The maximum Gasteiger partial charge on any atom is 1.00 e. The van der Waals surface area contributed by atoms with Crippen LogP contribution in [0, 0.1) is 0 Å². The Balaban J connectivity index is -0.000000320. The van der Waals surface area contributed by atoms with Gasteiger partial charge in [-0.1, -0.05) is 0 Å². The predicted octanol–water partition coefficient (Wildman–Crippen LogP) is -2.44. The Morgan fingerprint density at radius 1 is 1.45 bits per heavy atom. The van der Waals surface area contributed by atoms with E-state index in [9.17, 15) is 14.7 Å². The minimum absolute atomic E-state index is 0. The summed E-state index contributed by atoms with van der Waals surface area (Å²) in [6.07, 6.45) is -2.31. The van der Waals surface area contributed by atoms with Crippen molar-refractivity contribution in [2.45, 2.75) is 12.5 Å². The van der Waals surface area contributed by atoms with Crippen LogP contribution < -0.4 is 5.11 Å². The molecule has 0 aromatic heterocycles. The monoisotopic (exact) mass is 542 g/mol. The van der Waals surface area contributed by atoms with Gasteiger partial charge >= 0.3 is 44.8 Å². The molecule has 0 aliphatic carbocycles. The number of carbonyl (C=O) groups is 2. The normalized spacial score (nSPS) is 10.3. The topological polar surface area (TPSA) is 77.4 Å². The van der Waals surface area contributed by atoms with Crippen LogP contribution in [-0.2, 0) is 67.0 Å². The number of hydrogen-bond donors (Lipinski definition) is 1. The van der Waals surface area contributed by atoms with E-state index in [1.54, 1.807) is 0 Å². The van der Waals surface area contributed by atoms with Gasteiger partial charge < -0.3 is 32.4 Å². The molecule has 0 aromatic rings. The first-order valence-corrected chi connectivity index (χ1v) is 2.53. The third kappa shape index (κ3) is 10.8. The molecule has 0 aliphatic heterocycles. The van der Waals surface area contributed by atoms with E-state index >= 15 is 0 Å². The molecule has 0 saturated carbocycles. The minimum atomic E-state index is -1.59. The Morgan fingerprint density at radius 2 is 1.82 bits per heavy atom. The van der Waals surface area contributed by atoms with E-state index in [1.807, 2.05) is 0 Å². The average molecular weight is 542 g/mol. The Labute approximate surface area is 100 Å². The van der Waals surface area contributed by atoms with Crippen LogP contribution in [0.25, 0.3) is 0 Å². The number of carboxylic acid groups (broad SMARTS) is 1. The molecule has 0 heterocycles. The molecule has 0 amide bonds. The molecule has 0 rings (SSSR count). The van der Waals surface area contributed by atoms with Crippen LogP contribution in [0.1, 0.15) is 6.42 Å². The van der Waals surface area contributed by atoms with Crippen LogP contribution in [0.4, 0.5) is 0 Å². The van der Waals surface area contributed by atoms with Crippen molar-refractivity contribution in [3.05, 3.63) is 0 Å². The third-order valence-corrected chi connectivity index (χ3v) is 0.904. The van der Waals surface area contributed by atoms with Crippen molar-refractivity contribution in [1.29, 1.82) is 0 Å². The summed E-state index contributed by atoms with van der Waals surface area (Å²) >= 11 is 3.94. The zero-order chi connectivity index (χ0) is 7.44. The smallest absolute Gasteiger partial charge is 0.739 e. The van der Waals surface area contributed by atoms with E-state index < -0.39 is 23.6 Å². The standard InChI is InChI=1S/C4H6O4S.2Au/c5-2(4(8)9)1-3(6)7;;/h2,5H,1H2,(H,6,7)(H,8,9);;/q;2*+1/p-2. The summed E-state index contributed by atoms with van der Waals surface area (Å²) in [5.41, 5.74) is 0. The summed E-state index contributed by atoms with van der Waals surface area (Å²) < 4.78 is 0. The summed E-state index contributed by atoms with van der Waals surface area (Å²) in [6.45, 7) is 0. The Hall–Kier alpha value is 0.801. The van der Waals surface area contributed by atoms with Crippen molar-refractivity contribution in [2.75, 3.05) is 0 Å². The molecule has 0 fully saturated rings. The summed E-state index contributed by atoms with van der Waals surface area (Å²) in [5.74, 6) is -1.49. The molecule has 4 nitrogen and oxygen atoms in total. The zero-order valence-corrected chi connectivity index (χ0v) is 10.1. The molecule has 0 saturated heterocycles. The molecule has 11 heavy (non-hydrogen) atoms. The van der Waals surface area contributed by atoms with E-state index in [2.05, 4.69) is 12.6 Å². The number of aliphatic hydroxyl groups excluding tert-OH is 1. The first-order valence-electron chi connectivity index (χ1n) is 2.13. The molecule has 0 aliphatic rings. The largest absolute Gasteiger partial charge is 1.00 e. The Kier molecular flexibility index (Phi) is 14.4. The van der Waals surface area contributed by atoms with Crippen molar-refractivity contribution < 1.29 is 64.6 Å². The number of aliphatic carboxylic acids is 1. The fourth-order valence-electron chi connectivity index (χ4n) is 0.241. The quantitative estimate of drug-likeness (QED) is 0.317. The minimum Gasteiger partial charge on any atom is -0.739 e. The number of carbonyl (C=O) groups excluding carboxylic acids is 2. The van der Waals surface area contributed by atoms with Gasteiger partial charge in [0.05, 0.1) is 6.10 Å². The summed E-state index contributed by atoms with van der Waals surface area (Å²) in [7, 11) is 0. The summed E-state index contributed by atoms with van der Waals surface area (Å²) in [4.78, 5) is 19.6. The third-order valence-electron chi connectivity index (χ3n) is 0.632. The van der Waals surface area contributed by atoms with E-state index in [0.717, 1.165) is 0 Å². The molecule has 0 spiro atoms. The molecular formula is C4H4Au2O4S. The maximum atomic E-state index is 9.95. The van der Waals surface area contributed by atoms with Gasteiger partial charge in [-0.25, -0.2) is 0 Å². The number of aliphatic hydroxyl groups is 1. The molecule has 0 aromatic carbocycles. The average Bonchev–Trinajstić information content (AvgIpc) is 1.63. The Morgan fingerprint density at radius 3 is 1.91 bits per heavy atom. The molecule has 1 N–H and O–H groups in total. The van der Waals surface area contributed by atoms with Gasteiger partial charge in [0.15, 0.2) is 0 Å². The number of hydrogen-bond acceptors (Lipinski definition) is 5. The molecular weight excluding hydrogens is 538 g/mol. The fourth-order valence-corrected chi connectivity index (χ4v) is 0.325. The fraction of sp³-hybridized carbons (Fsp3) is 0.500. The van der Waals surface area contributed by atoms with E-state index in [0.29, 0.717) is 0 Å². The van der Waals surface area contributed by atoms with Crippen LogP contribution in [-0.4, -0.2) is 22.3 Å². The molecule has 0 bridgehead atoms. The molecule has 0 radical (unpaired) electrons. The van der Waals surface area contributed by atoms with Gasteiger partial charge in [-0.3, -0.25) is 0 Å². The van der Waals surface area contributed by atoms with Crippen LogP contribution in [0.3, 0.4) is 0 Å². The summed E-state index contributed by atoms with van der Waals surface area (Å²) in [5, 5.41) is 17.1. The van der Waals surface area contributed by atoms with Crippen molar-refractivity contribution in [3.8, 4) is 0 Å². The first kappa shape index (κ1) is 17.8. The SMILES string of the molecule is O=C([O-])CC(O)C(=O)[S-].[Au+].[Au+]. The van der Waals surface area contributed by atoms with Gasteiger partial charge in [-0.2, -0.15) is 0 Å². The van der Waals surface area contributed by atoms with E-state index in [4.69, 9.17) is 5.11 Å². The van der Waals surface area contributed by atoms with E-state index in [-0.39, 0.29) is 44.8 Å². The first-order chi connectivity index (χ1) is 4.04. The second-order valence-electron chi connectivity index (χ2n) is 1.41. The van der Waals surface area contributed by atoms with Gasteiger partial charge in [0.25, 0.3) is 0 Å². The molecule has 1 atom stereocenters. The van der Waals surface area contributed by atoms with Gasteiger partial charge in [0.2, 0.25) is 0 Å². The van der Waals surface area contributed by atoms with Crippen LogP contribution in [0.5, 0.6) is 0 Å². The number of carboxylic acids is 1. The predicted molar refractivity (Wildman–Crippen MR) is 28.0 cm³/mol. The Bertz CT molecular complexity index is 140.